The van der Waals surface area contributed by atoms with Crippen molar-refractivity contribution in [1.29, 1.82) is 0 Å². The standard InChI is InChI=1S/C11H12Cl2N2O3/c12-7-4-6(11(17)18)5-8(13)10(7)15-9(16)2-1-3-14/h4-5H,1-3,14H2,(H,15,16)(H,17,18). The van der Waals surface area contributed by atoms with E-state index in [9.17, 15) is 9.59 Å². The molecule has 18 heavy (non-hydrogen) atoms. The second kappa shape index (κ2) is 6.58. The maximum absolute atomic E-state index is 11.5. The van der Waals surface area contributed by atoms with Crippen LogP contribution in [0.2, 0.25) is 10.0 Å². The molecular weight excluding hydrogens is 279 g/mol. The summed E-state index contributed by atoms with van der Waals surface area (Å²) in [7, 11) is 0. The molecule has 5 nitrogen and oxygen atoms in total. The smallest absolute Gasteiger partial charge is 0.335 e. The fraction of sp³-hybridized carbons (Fsp3) is 0.273. The van der Waals surface area contributed by atoms with Crippen LogP contribution in [0, 0.1) is 0 Å². The van der Waals surface area contributed by atoms with Crippen molar-refractivity contribution in [3.8, 4) is 0 Å². The van der Waals surface area contributed by atoms with E-state index in [4.69, 9.17) is 34.0 Å². The summed E-state index contributed by atoms with van der Waals surface area (Å²) in [5.41, 5.74) is 5.46. The lowest BCUT2D eigenvalue weighted by molar-refractivity contribution is -0.116. The first-order valence-corrected chi connectivity index (χ1v) is 5.93. The zero-order valence-electron chi connectivity index (χ0n) is 9.37. The minimum absolute atomic E-state index is 0.0371. The second-order valence-electron chi connectivity index (χ2n) is 3.56. The molecule has 1 aromatic carbocycles. The van der Waals surface area contributed by atoms with Crippen molar-refractivity contribution in [2.45, 2.75) is 12.8 Å². The van der Waals surface area contributed by atoms with Gasteiger partial charge in [0.15, 0.2) is 0 Å². The van der Waals surface area contributed by atoms with Gasteiger partial charge < -0.3 is 16.2 Å². The van der Waals surface area contributed by atoms with Gasteiger partial charge in [-0.15, -0.1) is 0 Å². The predicted molar refractivity (Wildman–Crippen MR) is 70.3 cm³/mol. The average Bonchev–Trinajstić information content (AvgIpc) is 2.30. The topological polar surface area (TPSA) is 92.4 Å². The third-order valence-electron chi connectivity index (χ3n) is 2.16. The Kier molecular flexibility index (Phi) is 5.40. The first kappa shape index (κ1) is 14.8. The Morgan fingerprint density at radius 3 is 2.28 bits per heavy atom. The van der Waals surface area contributed by atoms with Crippen LogP contribution in [0.1, 0.15) is 23.2 Å². The van der Waals surface area contributed by atoms with Gasteiger partial charge in [0, 0.05) is 6.42 Å². The lowest BCUT2D eigenvalue weighted by Crippen LogP contribution is -2.14. The van der Waals surface area contributed by atoms with Crippen LogP contribution < -0.4 is 11.1 Å². The number of halogens is 2. The van der Waals surface area contributed by atoms with Crippen molar-refractivity contribution < 1.29 is 14.7 Å². The molecule has 4 N–H and O–H groups in total. The summed E-state index contributed by atoms with van der Waals surface area (Å²) in [6, 6.07) is 2.46. The number of carboxylic acid groups (broad SMARTS) is 1. The first-order chi connectivity index (χ1) is 8.45. The number of nitrogens with one attached hydrogen (secondary N) is 1. The molecule has 0 heterocycles. The predicted octanol–water partition coefficient (Wildman–Crippen LogP) is 2.37. The molecule has 0 bridgehead atoms. The summed E-state index contributed by atoms with van der Waals surface area (Å²) in [5.74, 6) is -1.41. The first-order valence-electron chi connectivity index (χ1n) is 5.18. The van der Waals surface area contributed by atoms with Crippen LogP contribution in [0.15, 0.2) is 12.1 Å². The molecule has 0 saturated carbocycles. The molecule has 0 aliphatic carbocycles. The number of aromatic carboxylic acids is 1. The number of nitrogens with two attached hydrogens (primary N) is 1. The quantitative estimate of drug-likeness (QED) is 0.776. The lowest BCUT2D eigenvalue weighted by Gasteiger charge is -2.10. The molecule has 0 radical (unpaired) electrons. The number of hydrogen-bond acceptors (Lipinski definition) is 3. The summed E-state index contributed by atoms with van der Waals surface area (Å²) < 4.78 is 0. The molecule has 1 amide bonds. The Hall–Kier alpha value is -1.30. The number of anilines is 1. The van der Waals surface area contributed by atoms with Crippen molar-refractivity contribution >= 4 is 40.8 Å². The third kappa shape index (κ3) is 3.87. The summed E-state index contributed by atoms with van der Waals surface area (Å²) in [6.07, 6.45) is 0.804. The number of rotatable bonds is 5. The van der Waals surface area contributed by atoms with E-state index in [1.807, 2.05) is 0 Å². The average molecular weight is 291 g/mol. The molecule has 0 aliphatic heterocycles. The van der Waals surface area contributed by atoms with Gasteiger partial charge in [0.25, 0.3) is 0 Å². The van der Waals surface area contributed by atoms with E-state index < -0.39 is 5.97 Å². The largest absolute Gasteiger partial charge is 0.478 e. The molecule has 98 valence electrons. The number of carbonyl (C=O) groups is 2. The highest BCUT2D eigenvalue weighted by atomic mass is 35.5. The molecular formula is C11H12Cl2N2O3. The molecule has 0 saturated heterocycles. The van der Waals surface area contributed by atoms with Gasteiger partial charge in [-0.1, -0.05) is 23.2 Å². The van der Waals surface area contributed by atoms with Gasteiger partial charge in [0.2, 0.25) is 5.91 Å². The Morgan fingerprint density at radius 1 is 1.28 bits per heavy atom. The Morgan fingerprint density at radius 2 is 1.83 bits per heavy atom. The highest BCUT2D eigenvalue weighted by molar-refractivity contribution is 6.40. The minimum atomic E-state index is -1.14. The number of hydrogen-bond donors (Lipinski definition) is 3. The monoisotopic (exact) mass is 290 g/mol. The van der Waals surface area contributed by atoms with E-state index in [0.29, 0.717) is 13.0 Å². The fourth-order valence-electron chi connectivity index (χ4n) is 1.28. The minimum Gasteiger partial charge on any atom is -0.478 e. The molecule has 0 fully saturated rings. The van der Waals surface area contributed by atoms with Crippen LogP contribution in [0.4, 0.5) is 5.69 Å². The van der Waals surface area contributed by atoms with Crippen LogP contribution in [0.5, 0.6) is 0 Å². The van der Waals surface area contributed by atoms with Crippen molar-refractivity contribution in [2.24, 2.45) is 5.73 Å². The van der Waals surface area contributed by atoms with Crippen LogP contribution in [-0.4, -0.2) is 23.5 Å². The molecule has 7 heteroatoms. The third-order valence-corrected chi connectivity index (χ3v) is 2.76. The van der Waals surface area contributed by atoms with E-state index >= 15 is 0 Å². The molecule has 1 aromatic rings. The Labute approximate surface area is 114 Å². The van der Waals surface area contributed by atoms with E-state index in [0.717, 1.165) is 0 Å². The van der Waals surface area contributed by atoms with E-state index in [2.05, 4.69) is 5.32 Å². The normalized spacial score (nSPS) is 10.2. The summed E-state index contributed by atoms with van der Waals surface area (Å²) in [5, 5.41) is 11.5. The van der Waals surface area contributed by atoms with Crippen LogP contribution in [0.3, 0.4) is 0 Å². The van der Waals surface area contributed by atoms with Crippen LogP contribution in [-0.2, 0) is 4.79 Å². The summed E-state index contributed by atoms with van der Waals surface area (Å²) in [6.45, 7) is 0.410. The molecule has 0 atom stereocenters. The van der Waals surface area contributed by atoms with Gasteiger partial charge in [-0.3, -0.25) is 4.79 Å². The van der Waals surface area contributed by atoms with E-state index in [1.165, 1.54) is 12.1 Å². The number of amides is 1. The van der Waals surface area contributed by atoms with E-state index in [-0.39, 0.29) is 33.6 Å². The van der Waals surface area contributed by atoms with Gasteiger partial charge in [-0.2, -0.15) is 0 Å². The maximum atomic E-state index is 11.5. The highest BCUT2D eigenvalue weighted by Crippen LogP contribution is 2.32. The second-order valence-corrected chi connectivity index (χ2v) is 4.37. The molecule has 0 unspecified atom stereocenters. The molecule has 0 aromatic heterocycles. The van der Waals surface area contributed by atoms with Crippen molar-refractivity contribution in [3.05, 3.63) is 27.7 Å². The number of carboxylic acids is 1. The van der Waals surface area contributed by atoms with Gasteiger partial charge in [-0.25, -0.2) is 4.79 Å². The van der Waals surface area contributed by atoms with E-state index in [1.54, 1.807) is 0 Å². The number of carbonyl (C=O) groups excluding carboxylic acids is 1. The SMILES string of the molecule is NCCCC(=O)Nc1c(Cl)cc(C(=O)O)cc1Cl. The van der Waals surface area contributed by atoms with Crippen molar-refractivity contribution in [3.63, 3.8) is 0 Å². The number of benzene rings is 1. The van der Waals surface area contributed by atoms with Gasteiger partial charge in [-0.05, 0) is 25.1 Å². The summed E-state index contributed by atoms with van der Waals surface area (Å²) in [4.78, 5) is 22.3. The maximum Gasteiger partial charge on any atom is 0.335 e. The highest BCUT2D eigenvalue weighted by Gasteiger charge is 2.14. The van der Waals surface area contributed by atoms with Crippen molar-refractivity contribution in [2.75, 3.05) is 11.9 Å². The lowest BCUT2D eigenvalue weighted by atomic mass is 10.2. The molecule has 0 aliphatic rings. The fourth-order valence-corrected chi connectivity index (χ4v) is 1.86. The van der Waals surface area contributed by atoms with Gasteiger partial charge >= 0.3 is 5.97 Å². The van der Waals surface area contributed by atoms with Crippen molar-refractivity contribution in [1.82, 2.24) is 0 Å². The zero-order valence-corrected chi connectivity index (χ0v) is 10.9. The summed E-state index contributed by atoms with van der Waals surface area (Å²) >= 11 is 11.7. The zero-order chi connectivity index (χ0) is 13.7. The van der Waals surface area contributed by atoms with Crippen LogP contribution >= 0.6 is 23.2 Å². The van der Waals surface area contributed by atoms with Crippen LogP contribution in [0.25, 0.3) is 0 Å². The van der Waals surface area contributed by atoms with Gasteiger partial charge in [0.05, 0.1) is 21.3 Å². The molecule has 1 rings (SSSR count). The molecule has 0 spiro atoms. The van der Waals surface area contributed by atoms with Gasteiger partial charge in [0.1, 0.15) is 0 Å². The Balaban J connectivity index is 2.90. The Bertz CT molecular complexity index is 454.